The van der Waals surface area contributed by atoms with Crippen LogP contribution in [0.25, 0.3) is 0 Å². The van der Waals surface area contributed by atoms with Gasteiger partial charge in [-0.3, -0.25) is 9.59 Å². The standard InChI is InChI=1S/C12H22N2O2/c1-2-7-13-11(15)10-12(16)14-8-5-3-4-6-9-14/h2-10H2,1H3,(H,13,15). The van der Waals surface area contributed by atoms with Crippen molar-refractivity contribution in [3.8, 4) is 0 Å². The fraction of sp³-hybridized carbons (Fsp3) is 0.833. The van der Waals surface area contributed by atoms with E-state index in [9.17, 15) is 9.59 Å². The van der Waals surface area contributed by atoms with Gasteiger partial charge in [0.2, 0.25) is 11.8 Å². The third-order valence-electron chi connectivity index (χ3n) is 2.84. The van der Waals surface area contributed by atoms with Crippen LogP contribution in [0, 0.1) is 0 Å². The van der Waals surface area contributed by atoms with Gasteiger partial charge < -0.3 is 10.2 Å². The summed E-state index contributed by atoms with van der Waals surface area (Å²) < 4.78 is 0. The molecule has 16 heavy (non-hydrogen) atoms. The second-order valence-electron chi connectivity index (χ2n) is 4.32. The van der Waals surface area contributed by atoms with Gasteiger partial charge in [0, 0.05) is 19.6 Å². The van der Waals surface area contributed by atoms with E-state index in [0.29, 0.717) is 6.54 Å². The van der Waals surface area contributed by atoms with E-state index in [-0.39, 0.29) is 18.2 Å². The number of hydrogen-bond donors (Lipinski definition) is 1. The number of hydrogen-bond acceptors (Lipinski definition) is 2. The summed E-state index contributed by atoms with van der Waals surface area (Å²) in [5.74, 6) is -0.161. The first-order valence-electron chi connectivity index (χ1n) is 6.28. The Balaban J connectivity index is 2.29. The van der Waals surface area contributed by atoms with Gasteiger partial charge in [-0.1, -0.05) is 19.8 Å². The highest BCUT2D eigenvalue weighted by molar-refractivity contribution is 5.96. The molecule has 0 spiro atoms. The molecule has 4 heteroatoms. The summed E-state index contributed by atoms with van der Waals surface area (Å²) in [7, 11) is 0. The van der Waals surface area contributed by atoms with Crippen molar-refractivity contribution in [2.24, 2.45) is 0 Å². The maximum Gasteiger partial charge on any atom is 0.232 e. The first kappa shape index (κ1) is 13.0. The third kappa shape index (κ3) is 4.64. The average Bonchev–Trinajstić information content (AvgIpc) is 2.54. The Bertz CT molecular complexity index is 233. The van der Waals surface area contributed by atoms with E-state index in [2.05, 4.69) is 5.32 Å². The van der Waals surface area contributed by atoms with Crippen LogP contribution in [0.5, 0.6) is 0 Å². The van der Waals surface area contributed by atoms with E-state index < -0.39 is 0 Å². The molecule has 0 bridgehead atoms. The van der Waals surface area contributed by atoms with Gasteiger partial charge in [-0.05, 0) is 19.3 Å². The van der Waals surface area contributed by atoms with Crippen LogP contribution in [0.3, 0.4) is 0 Å². The Labute approximate surface area is 97.4 Å². The maximum absolute atomic E-state index is 11.8. The summed E-state index contributed by atoms with van der Waals surface area (Å²) in [5.41, 5.74) is 0. The number of carbonyl (C=O) groups is 2. The summed E-state index contributed by atoms with van der Waals surface area (Å²) in [6.07, 6.45) is 5.46. The van der Waals surface area contributed by atoms with Crippen molar-refractivity contribution in [2.45, 2.75) is 45.4 Å². The summed E-state index contributed by atoms with van der Waals surface area (Å²) in [6.45, 7) is 4.29. The Morgan fingerprint density at radius 3 is 2.31 bits per heavy atom. The molecule has 1 saturated heterocycles. The second kappa shape index (κ2) is 7.25. The molecule has 4 nitrogen and oxygen atoms in total. The zero-order valence-electron chi connectivity index (χ0n) is 10.1. The van der Waals surface area contributed by atoms with E-state index in [1.165, 1.54) is 12.8 Å². The highest BCUT2D eigenvalue weighted by Gasteiger charge is 2.17. The molecule has 1 N–H and O–H groups in total. The van der Waals surface area contributed by atoms with Crippen LogP contribution in [-0.2, 0) is 9.59 Å². The predicted octanol–water partition coefficient (Wildman–Crippen LogP) is 1.31. The lowest BCUT2D eigenvalue weighted by atomic mass is 10.2. The molecule has 0 atom stereocenters. The Morgan fingerprint density at radius 1 is 1.12 bits per heavy atom. The fourth-order valence-corrected chi connectivity index (χ4v) is 1.90. The largest absolute Gasteiger partial charge is 0.356 e. The molecule has 1 aliphatic rings. The smallest absolute Gasteiger partial charge is 0.232 e. The molecule has 0 unspecified atom stereocenters. The molecular formula is C12H22N2O2. The molecule has 0 aromatic carbocycles. The van der Waals surface area contributed by atoms with Crippen LogP contribution in [0.1, 0.15) is 45.4 Å². The minimum absolute atomic E-state index is 0.0139. The minimum Gasteiger partial charge on any atom is -0.356 e. The SMILES string of the molecule is CCCNC(=O)CC(=O)N1CCCCCC1. The van der Waals surface area contributed by atoms with E-state index in [0.717, 1.165) is 32.4 Å². The zero-order chi connectivity index (χ0) is 11.8. The van der Waals surface area contributed by atoms with Crippen LogP contribution in [-0.4, -0.2) is 36.3 Å². The lowest BCUT2D eigenvalue weighted by Gasteiger charge is -2.19. The molecule has 1 rings (SSSR count). The van der Waals surface area contributed by atoms with Gasteiger partial charge in [0.1, 0.15) is 6.42 Å². The molecule has 2 amide bonds. The molecule has 0 saturated carbocycles. The highest BCUT2D eigenvalue weighted by Crippen LogP contribution is 2.10. The second-order valence-corrected chi connectivity index (χ2v) is 4.32. The van der Waals surface area contributed by atoms with Gasteiger partial charge in [-0.2, -0.15) is 0 Å². The van der Waals surface area contributed by atoms with Crippen molar-refractivity contribution in [2.75, 3.05) is 19.6 Å². The van der Waals surface area contributed by atoms with Crippen LogP contribution >= 0.6 is 0 Å². The number of carbonyl (C=O) groups excluding carboxylic acids is 2. The summed E-state index contributed by atoms with van der Waals surface area (Å²) >= 11 is 0. The molecule has 0 aromatic heterocycles. The Morgan fingerprint density at radius 2 is 1.75 bits per heavy atom. The number of likely N-dealkylation sites (tertiary alicyclic amines) is 1. The molecule has 0 aliphatic carbocycles. The third-order valence-corrected chi connectivity index (χ3v) is 2.84. The van der Waals surface area contributed by atoms with E-state index in [1.54, 1.807) is 0 Å². The molecule has 1 aliphatic heterocycles. The van der Waals surface area contributed by atoms with Crippen molar-refractivity contribution in [3.63, 3.8) is 0 Å². The summed E-state index contributed by atoms with van der Waals surface area (Å²) in [5, 5.41) is 2.73. The van der Waals surface area contributed by atoms with Crippen molar-refractivity contribution in [1.29, 1.82) is 0 Å². The molecule has 92 valence electrons. The molecule has 0 radical (unpaired) electrons. The van der Waals surface area contributed by atoms with Crippen LogP contribution in [0.2, 0.25) is 0 Å². The Hall–Kier alpha value is -1.06. The van der Waals surface area contributed by atoms with Crippen LogP contribution < -0.4 is 5.32 Å². The lowest BCUT2D eigenvalue weighted by molar-refractivity contribution is -0.136. The topological polar surface area (TPSA) is 49.4 Å². The normalized spacial score (nSPS) is 16.7. The number of rotatable bonds is 4. The molecular weight excluding hydrogens is 204 g/mol. The Kier molecular flexibility index (Phi) is 5.90. The van der Waals surface area contributed by atoms with Gasteiger partial charge >= 0.3 is 0 Å². The van der Waals surface area contributed by atoms with Crippen molar-refractivity contribution < 1.29 is 9.59 Å². The van der Waals surface area contributed by atoms with Crippen molar-refractivity contribution in [1.82, 2.24) is 10.2 Å². The molecule has 1 fully saturated rings. The first-order valence-corrected chi connectivity index (χ1v) is 6.28. The monoisotopic (exact) mass is 226 g/mol. The van der Waals surface area contributed by atoms with Gasteiger partial charge in [0.05, 0.1) is 0 Å². The van der Waals surface area contributed by atoms with E-state index >= 15 is 0 Å². The predicted molar refractivity (Wildman–Crippen MR) is 63.0 cm³/mol. The van der Waals surface area contributed by atoms with Crippen LogP contribution in [0.4, 0.5) is 0 Å². The van der Waals surface area contributed by atoms with E-state index in [1.807, 2.05) is 11.8 Å². The quantitative estimate of drug-likeness (QED) is 0.735. The van der Waals surface area contributed by atoms with Gasteiger partial charge in [-0.15, -0.1) is 0 Å². The first-order chi connectivity index (χ1) is 7.74. The average molecular weight is 226 g/mol. The lowest BCUT2D eigenvalue weighted by Crippen LogP contribution is -2.36. The molecule has 0 aromatic rings. The summed E-state index contributed by atoms with van der Waals surface area (Å²) in [4.78, 5) is 25.0. The van der Waals surface area contributed by atoms with Gasteiger partial charge in [-0.25, -0.2) is 0 Å². The number of nitrogens with zero attached hydrogens (tertiary/aromatic N) is 1. The van der Waals surface area contributed by atoms with Crippen molar-refractivity contribution in [3.05, 3.63) is 0 Å². The zero-order valence-corrected chi connectivity index (χ0v) is 10.1. The number of amides is 2. The van der Waals surface area contributed by atoms with Crippen LogP contribution in [0.15, 0.2) is 0 Å². The minimum atomic E-state index is -0.143. The van der Waals surface area contributed by atoms with E-state index in [4.69, 9.17) is 0 Å². The van der Waals surface area contributed by atoms with Crippen molar-refractivity contribution >= 4 is 11.8 Å². The highest BCUT2D eigenvalue weighted by atomic mass is 16.2. The molecule has 1 heterocycles. The maximum atomic E-state index is 11.8. The fourth-order valence-electron chi connectivity index (χ4n) is 1.90. The number of nitrogens with one attached hydrogen (secondary N) is 1. The van der Waals surface area contributed by atoms with Gasteiger partial charge in [0.15, 0.2) is 0 Å². The summed E-state index contributed by atoms with van der Waals surface area (Å²) in [6, 6.07) is 0. The van der Waals surface area contributed by atoms with Gasteiger partial charge in [0.25, 0.3) is 0 Å².